The van der Waals surface area contributed by atoms with Crippen LogP contribution >= 0.6 is 0 Å². The number of carboxylic acid groups (broad SMARTS) is 1. The number of carbonyl (C=O) groups is 2. The van der Waals surface area contributed by atoms with Gasteiger partial charge in [-0.3, -0.25) is 9.48 Å². The number of aromatic carboxylic acids is 1. The Hall–Kier alpha value is -2.67. The second-order valence-corrected chi connectivity index (χ2v) is 6.22. The predicted octanol–water partition coefficient (Wildman–Crippen LogP) is 2.80. The molecular weight excluding hydrogens is 322 g/mol. The molecule has 2 N–H and O–H groups in total. The summed E-state index contributed by atoms with van der Waals surface area (Å²) in [5.74, 6) is -1.31. The van der Waals surface area contributed by atoms with Gasteiger partial charge in [-0.25, -0.2) is 4.79 Å². The van der Waals surface area contributed by atoms with Crippen LogP contribution in [0.15, 0.2) is 24.4 Å². The molecule has 1 aromatic carbocycles. The average Bonchev–Trinajstić information content (AvgIpc) is 2.98. The maximum Gasteiger partial charge on any atom is 0.336 e. The molecule has 7 nitrogen and oxygen atoms in total. The molecule has 0 atom stereocenters. The van der Waals surface area contributed by atoms with Crippen molar-refractivity contribution in [2.75, 3.05) is 18.5 Å². The Bertz CT molecular complexity index is 807. The van der Waals surface area contributed by atoms with Gasteiger partial charge >= 0.3 is 5.97 Å². The molecule has 7 heteroatoms. The van der Waals surface area contributed by atoms with E-state index in [1.807, 2.05) is 11.6 Å². The van der Waals surface area contributed by atoms with Crippen LogP contribution < -0.4 is 5.32 Å². The van der Waals surface area contributed by atoms with Crippen molar-refractivity contribution in [3.05, 3.63) is 46.8 Å². The van der Waals surface area contributed by atoms with Crippen LogP contribution in [0.25, 0.3) is 0 Å². The third-order valence-corrected chi connectivity index (χ3v) is 4.55. The number of ether oxygens (including phenoxy) is 1. The van der Waals surface area contributed by atoms with Gasteiger partial charge < -0.3 is 15.2 Å². The van der Waals surface area contributed by atoms with Crippen LogP contribution in [-0.4, -0.2) is 40.0 Å². The highest BCUT2D eigenvalue weighted by Crippen LogP contribution is 2.24. The minimum Gasteiger partial charge on any atom is -0.478 e. The first-order valence-corrected chi connectivity index (χ1v) is 8.24. The topological polar surface area (TPSA) is 93.5 Å². The van der Waals surface area contributed by atoms with E-state index in [0.717, 1.165) is 18.5 Å². The van der Waals surface area contributed by atoms with Gasteiger partial charge in [-0.2, -0.15) is 5.10 Å². The van der Waals surface area contributed by atoms with Crippen LogP contribution in [0.4, 0.5) is 5.69 Å². The van der Waals surface area contributed by atoms with E-state index in [-0.39, 0.29) is 17.5 Å². The highest BCUT2D eigenvalue weighted by atomic mass is 16.5. The van der Waals surface area contributed by atoms with Gasteiger partial charge in [-0.05, 0) is 44.4 Å². The van der Waals surface area contributed by atoms with Crippen molar-refractivity contribution in [1.29, 1.82) is 0 Å². The van der Waals surface area contributed by atoms with Crippen LogP contribution in [-0.2, 0) is 4.74 Å². The minimum absolute atomic E-state index is 0.174. The summed E-state index contributed by atoms with van der Waals surface area (Å²) >= 11 is 0. The maximum atomic E-state index is 12.6. The number of nitrogens with one attached hydrogen (secondary N) is 1. The highest BCUT2D eigenvalue weighted by molar-refractivity contribution is 6.05. The number of amides is 1. The Morgan fingerprint density at radius 1 is 1.24 bits per heavy atom. The molecule has 1 amide bonds. The molecule has 1 aliphatic rings. The second-order valence-electron chi connectivity index (χ2n) is 6.22. The molecule has 1 fully saturated rings. The van der Waals surface area contributed by atoms with Gasteiger partial charge in [0.05, 0.1) is 23.4 Å². The van der Waals surface area contributed by atoms with Crippen LogP contribution in [0.1, 0.15) is 50.9 Å². The zero-order valence-electron chi connectivity index (χ0n) is 14.3. The number of nitrogens with zero attached hydrogens (tertiary/aromatic N) is 2. The van der Waals surface area contributed by atoms with Crippen molar-refractivity contribution >= 4 is 17.6 Å². The van der Waals surface area contributed by atoms with Gasteiger partial charge in [-0.1, -0.05) is 6.07 Å². The molecule has 0 spiro atoms. The monoisotopic (exact) mass is 343 g/mol. The summed E-state index contributed by atoms with van der Waals surface area (Å²) < 4.78 is 7.25. The normalized spacial score (nSPS) is 15.1. The zero-order chi connectivity index (χ0) is 18.0. The number of carbonyl (C=O) groups excluding carboxylic acids is 1. The Balaban J connectivity index is 1.79. The number of rotatable bonds is 4. The fourth-order valence-corrected chi connectivity index (χ4v) is 3.07. The standard InChI is InChI=1S/C18H21N3O4/c1-11-3-4-13(9-15(11)18(23)24)20-17(22)16-10-19-21(12(16)2)14-5-7-25-8-6-14/h3-4,9-10,14H,5-8H2,1-2H3,(H,20,22)(H,23,24). The van der Waals surface area contributed by atoms with Gasteiger partial charge in [0.2, 0.25) is 0 Å². The quantitative estimate of drug-likeness (QED) is 0.890. The van der Waals surface area contributed by atoms with E-state index in [2.05, 4.69) is 10.4 Å². The molecule has 2 heterocycles. The Morgan fingerprint density at radius 2 is 1.96 bits per heavy atom. The van der Waals surface area contributed by atoms with E-state index in [4.69, 9.17) is 4.74 Å². The average molecular weight is 343 g/mol. The first-order valence-electron chi connectivity index (χ1n) is 8.24. The molecule has 1 saturated heterocycles. The van der Waals surface area contributed by atoms with Crippen LogP contribution in [0, 0.1) is 13.8 Å². The number of carboxylic acids is 1. The first-order chi connectivity index (χ1) is 12.0. The number of aryl methyl sites for hydroxylation is 1. The molecule has 0 aliphatic carbocycles. The smallest absolute Gasteiger partial charge is 0.336 e. The van der Waals surface area contributed by atoms with Gasteiger partial charge in [0.15, 0.2) is 0 Å². The number of hydrogen-bond donors (Lipinski definition) is 2. The molecular formula is C18H21N3O4. The molecule has 0 saturated carbocycles. The van der Waals surface area contributed by atoms with Crippen LogP contribution in [0.2, 0.25) is 0 Å². The number of benzene rings is 1. The summed E-state index contributed by atoms with van der Waals surface area (Å²) in [4.78, 5) is 23.8. The fourth-order valence-electron chi connectivity index (χ4n) is 3.07. The van der Waals surface area contributed by atoms with E-state index in [0.29, 0.717) is 30.0 Å². The zero-order valence-corrected chi connectivity index (χ0v) is 14.3. The summed E-state index contributed by atoms with van der Waals surface area (Å²) in [6, 6.07) is 5.08. The predicted molar refractivity (Wildman–Crippen MR) is 92.1 cm³/mol. The number of aromatic nitrogens is 2. The third kappa shape index (κ3) is 3.56. The van der Waals surface area contributed by atoms with Crippen molar-refractivity contribution in [2.24, 2.45) is 0 Å². The van der Waals surface area contributed by atoms with Gasteiger partial charge in [0.1, 0.15) is 0 Å². The van der Waals surface area contributed by atoms with Crippen molar-refractivity contribution < 1.29 is 19.4 Å². The van der Waals surface area contributed by atoms with E-state index in [1.165, 1.54) is 6.07 Å². The summed E-state index contributed by atoms with van der Waals surface area (Å²) in [5, 5.41) is 16.3. The Labute approximate surface area is 145 Å². The van der Waals surface area contributed by atoms with Gasteiger partial charge in [0, 0.05) is 24.6 Å². The summed E-state index contributed by atoms with van der Waals surface area (Å²) in [7, 11) is 0. The van der Waals surface area contributed by atoms with Crippen molar-refractivity contribution in [3.8, 4) is 0 Å². The lowest BCUT2D eigenvalue weighted by atomic mass is 10.1. The molecule has 2 aromatic rings. The Kier molecular flexibility index (Phi) is 4.85. The van der Waals surface area contributed by atoms with Crippen molar-refractivity contribution in [2.45, 2.75) is 32.7 Å². The van der Waals surface area contributed by atoms with E-state index >= 15 is 0 Å². The molecule has 25 heavy (non-hydrogen) atoms. The minimum atomic E-state index is -1.02. The molecule has 0 radical (unpaired) electrons. The summed E-state index contributed by atoms with van der Waals surface area (Å²) in [6.07, 6.45) is 3.32. The lowest BCUT2D eigenvalue weighted by Crippen LogP contribution is -2.22. The largest absolute Gasteiger partial charge is 0.478 e. The van der Waals surface area contributed by atoms with Crippen LogP contribution in [0.3, 0.4) is 0 Å². The van der Waals surface area contributed by atoms with Gasteiger partial charge in [-0.15, -0.1) is 0 Å². The number of hydrogen-bond acceptors (Lipinski definition) is 4. The van der Waals surface area contributed by atoms with Crippen LogP contribution in [0.5, 0.6) is 0 Å². The van der Waals surface area contributed by atoms with Crippen molar-refractivity contribution in [3.63, 3.8) is 0 Å². The van der Waals surface area contributed by atoms with E-state index in [9.17, 15) is 14.7 Å². The van der Waals surface area contributed by atoms with E-state index < -0.39 is 5.97 Å². The highest BCUT2D eigenvalue weighted by Gasteiger charge is 2.22. The molecule has 1 aliphatic heterocycles. The van der Waals surface area contributed by atoms with Gasteiger partial charge in [0.25, 0.3) is 5.91 Å². The lowest BCUT2D eigenvalue weighted by Gasteiger charge is -2.23. The SMILES string of the molecule is Cc1ccc(NC(=O)c2cnn(C3CCOCC3)c2C)cc1C(=O)O. The summed E-state index contributed by atoms with van der Waals surface area (Å²) in [6.45, 7) is 4.99. The number of anilines is 1. The second kappa shape index (κ2) is 7.06. The lowest BCUT2D eigenvalue weighted by molar-refractivity contribution is 0.0656. The molecule has 3 rings (SSSR count). The van der Waals surface area contributed by atoms with Crippen molar-refractivity contribution in [1.82, 2.24) is 9.78 Å². The third-order valence-electron chi connectivity index (χ3n) is 4.55. The molecule has 0 unspecified atom stereocenters. The molecule has 0 bridgehead atoms. The molecule has 132 valence electrons. The summed E-state index contributed by atoms with van der Waals surface area (Å²) in [5.41, 5.74) is 2.56. The fraction of sp³-hybridized carbons (Fsp3) is 0.389. The van der Waals surface area contributed by atoms with E-state index in [1.54, 1.807) is 25.3 Å². The first kappa shape index (κ1) is 17.2. The molecule has 1 aromatic heterocycles. The Morgan fingerprint density at radius 3 is 2.64 bits per heavy atom. The maximum absolute atomic E-state index is 12.6.